The summed E-state index contributed by atoms with van der Waals surface area (Å²) in [4.78, 5) is 13.6. The van der Waals surface area contributed by atoms with Crippen LogP contribution in [0.25, 0.3) is 0 Å². The van der Waals surface area contributed by atoms with Gasteiger partial charge in [0.2, 0.25) is 11.7 Å². The molecule has 164 valence electrons. The van der Waals surface area contributed by atoms with Gasteiger partial charge in [0.1, 0.15) is 5.56 Å². The van der Waals surface area contributed by atoms with Crippen LogP contribution in [-0.4, -0.2) is 45.1 Å². The van der Waals surface area contributed by atoms with Gasteiger partial charge < -0.3 is 5.11 Å². The van der Waals surface area contributed by atoms with E-state index in [4.69, 9.17) is 11.6 Å². The number of sulfone groups is 1. The van der Waals surface area contributed by atoms with Crippen LogP contribution in [0.2, 0.25) is 5.02 Å². The van der Waals surface area contributed by atoms with Crippen molar-refractivity contribution in [2.45, 2.75) is 50.1 Å². The Hall–Kier alpha value is -2.65. The van der Waals surface area contributed by atoms with E-state index >= 15 is 0 Å². The largest absolute Gasteiger partial charge is 0.493 e. The third-order valence-corrected chi connectivity index (χ3v) is 6.93. The molecule has 3 aromatic rings. The maximum absolute atomic E-state index is 13.5. The minimum Gasteiger partial charge on any atom is -0.493 e. The zero-order valence-electron chi connectivity index (χ0n) is 17.4. The minimum absolute atomic E-state index is 0.0295. The van der Waals surface area contributed by atoms with E-state index in [9.17, 15) is 18.3 Å². The molecule has 1 fully saturated rings. The van der Waals surface area contributed by atoms with E-state index in [-0.39, 0.29) is 51.0 Å². The zero-order chi connectivity index (χ0) is 22.5. The Morgan fingerprint density at radius 2 is 2.03 bits per heavy atom. The number of hydrogen-bond donors (Lipinski definition) is 1. The molecule has 2 heterocycles. The summed E-state index contributed by atoms with van der Waals surface area (Å²) in [5.74, 6) is -0.542. The van der Waals surface area contributed by atoms with Gasteiger partial charge in [0.25, 0.3) is 0 Å². The number of aromatic nitrogens is 4. The van der Waals surface area contributed by atoms with E-state index in [0.717, 1.165) is 19.1 Å². The molecule has 0 radical (unpaired) electrons. The summed E-state index contributed by atoms with van der Waals surface area (Å²) in [6.07, 6.45) is 6.15. The molecule has 0 spiro atoms. The fourth-order valence-corrected chi connectivity index (χ4v) is 4.92. The lowest BCUT2D eigenvalue weighted by Gasteiger charge is -2.14. The van der Waals surface area contributed by atoms with E-state index in [0.29, 0.717) is 5.69 Å². The Bertz CT molecular complexity index is 1260. The van der Waals surface area contributed by atoms with Crippen molar-refractivity contribution in [1.82, 2.24) is 19.6 Å². The van der Waals surface area contributed by atoms with Gasteiger partial charge >= 0.3 is 0 Å². The second-order valence-corrected chi connectivity index (χ2v) is 10.5. The Kier molecular flexibility index (Phi) is 5.43. The average molecular weight is 463 g/mol. The first-order valence-corrected chi connectivity index (χ1v) is 12.2. The monoisotopic (exact) mass is 462 g/mol. The van der Waals surface area contributed by atoms with E-state index in [2.05, 4.69) is 10.2 Å². The molecule has 1 aromatic carbocycles. The molecule has 4 rings (SSSR count). The Morgan fingerprint density at radius 1 is 1.32 bits per heavy atom. The molecular formula is C21H23ClN4O4S. The van der Waals surface area contributed by atoms with Gasteiger partial charge in [-0.2, -0.15) is 10.2 Å². The molecule has 0 atom stereocenters. The van der Waals surface area contributed by atoms with Crippen LogP contribution in [0.3, 0.4) is 0 Å². The van der Waals surface area contributed by atoms with Crippen LogP contribution < -0.4 is 0 Å². The number of carbonyl (C=O) groups is 1. The molecule has 0 saturated heterocycles. The first kappa shape index (κ1) is 21.6. The average Bonchev–Trinajstić information content (AvgIpc) is 3.28. The smallest absolute Gasteiger partial charge is 0.221 e. The van der Waals surface area contributed by atoms with Gasteiger partial charge in [-0.3, -0.25) is 9.48 Å². The summed E-state index contributed by atoms with van der Waals surface area (Å²) in [7, 11) is -3.60. The molecule has 0 unspecified atom stereocenters. The number of carbonyl (C=O) groups excluding carboxylic acids is 1. The number of aromatic hydroxyl groups is 1. The number of hydrogen-bond acceptors (Lipinski definition) is 6. The SMILES string of the molecule is CC(C)n1nc(C2CC2)c(C(=O)c2ccc(S(C)(=O)=O)c(Cn3cccn3)c2Cl)c1O. The van der Waals surface area contributed by atoms with Crippen molar-refractivity contribution in [1.29, 1.82) is 0 Å². The summed E-state index contributed by atoms with van der Waals surface area (Å²) in [6, 6.07) is 4.37. The fourth-order valence-electron chi connectivity index (χ4n) is 3.63. The molecule has 1 saturated carbocycles. The highest BCUT2D eigenvalue weighted by atomic mass is 35.5. The molecule has 1 aliphatic rings. The van der Waals surface area contributed by atoms with Gasteiger partial charge in [0, 0.05) is 35.7 Å². The van der Waals surface area contributed by atoms with Gasteiger partial charge in [-0.1, -0.05) is 11.6 Å². The Balaban J connectivity index is 1.87. The molecule has 10 heteroatoms. The van der Waals surface area contributed by atoms with Crippen LogP contribution in [0.1, 0.15) is 65.8 Å². The van der Waals surface area contributed by atoms with E-state index in [1.54, 1.807) is 18.5 Å². The normalized spacial score (nSPS) is 14.4. The standard InChI is InChI=1S/C21H23ClN4O4S/c1-12(2)26-21(28)17(19(24-26)13-5-6-13)20(27)14-7-8-16(31(3,29)30)15(18(14)22)11-25-10-4-9-23-25/h4,7-10,12-13,28H,5-6,11H2,1-3H3. The summed E-state index contributed by atoms with van der Waals surface area (Å²) in [6.45, 7) is 3.82. The highest BCUT2D eigenvalue weighted by Gasteiger charge is 2.36. The quantitative estimate of drug-likeness (QED) is 0.538. The van der Waals surface area contributed by atoms with Gasteiger partial charge in [0.15, 0.2) is 9.84 Å². The van der Waals surface area contributed by atoms with Crippen molar-refractivity contribution < 1.29 is 18.3 Å². The topological polar surface area (TPSA) is 107 Å². The lowest BCUT2D eigenvalue weighted by molar-refractivity contribution is 0.103. The molecule has 0 aliphatic heterocycles. The van der Waals surface area contributed by atoms with Crippen LogP contribution >= 0.6 is 11.6 Å². The Labute approximate surface area is 185 Å². The maximum Gasteiger partial charge on any atom is 0.221 e. The molecular weight excluding hydrogens is 440 g/mol. The lowest BCUT2D eigenvalue weighted by Crippen LogP contribution is -2.12. The zero-order valence-corrected chi connectivity index (χ0v) is 19.0. The molecule has 0 amide bonds. The molecule has 0 bridgehead atoms. The predicted molar refractivity (Wildman–Crippen MR) is 116 cm³/mol. The van der Waals surface area contributed by atoms with Crippen LogP contribution in [0.15, 0.2) is 35.5 Å². The van der Waals surface area contributed by atoms with Crippen LogP contribution in [0.5, 0.6) is 5.88 Å². The van der Waals surface area contributed by atoms with Crippen molar-refractivity contribution in [2.75, 3.05) is 6.26 Å². The van der Waals surface area contributed by atoms with Crippen molar-refractivity contribution in [3.05, 3.63) is 58.0 Å². The molecule has 1 aliphatic carbocycles. The van der Waals surface area contributed by atoms with Crippen LogP contribution in [0.4, 0.5) is 0 Å². The second-order valence-electron chi connectivity index (χ2n) is 8.11. The minimum atomic E-state index is -3.60. The molecule has 8 nitrogen and oxygen atoms in total. The van der Waals surface area contributed by atoms with Crippen molar-refractivity contribution in [3.8, 4) is 5.88 Å². The highest BCUT2D eigenvalue weighted by Crippen LogP contribution is 2.44. The Morgan fingerprint density at radius 3 is 2.58 bits per heavy atom. The van der Waals surface area contributed by atoms with Crippen molar-refractivity contribution in [3.63, 3.8) is 0 Å². The summed E-state index contributed by atoms with van der Waals surface area (Å²) in [5, 5.41) is 19.4. The van der Waals surface area contributed by atoms with Crippen molar-refractivity contribution in [2.24, 2.45) is 0 Å². The summed E-state index contributed by atoms with van der Waals surface area (Å²) in [5.41, 5.74) is 1.10. The number of ketones is 1. The van der Waals surface area contributed by atoms with E-state index in [1.165, 1.54) is 21.5 Å². The third-order valence-electron chi connectivity index (χ3n) is 5.32. The van der Waals surface area contributed by atoms with Crippen LogP contribution in [0, 0.1) is 0 Å². The van der Waals surface area contributed by atoms with Gasteiger partial charge in [-0.25, -0.2) is 13.1 Å². The number of halogens is 1. The van der Waals surface area contributed by atoms with Crippen molar-refractivity contribution >= 4 is 27.2 Å². The second kappa shape index (κ2) is 7.80. The highest BCUT2D eigenvalue weighted by molar-refractivity contribution is 7.90. The number of benzene rings is 1. The molecule has 1 N–H and O–H groups in total. The van der Waals surface area contributed by atoms with E-state index < -0.39 is 15.6 Å². The van der Waals surface area contributed by atoms with Crippen LogP contribution in [-0.2, 0) is 16.4 Å². The number of rotatable bonds is 7. The van der Waals surface area contributed by atoms with E-state index in [1.807, 2.05) is 13.8 Å². The molecule has 31 heavy (non-hydrogen) atoms. The first-order valence-electron chi connectivity index (χ1n) is 9.94. The van der Waals surface area contributed by atoms with Gasteiger partial charge in [-0.05, 0) is 44.9 Å². The summed E-state index contributed by atoms with van der Waals surface area (Å²) < 4.78 is 27.7. The maximum atomic E-state index is 13.5. The predicted octanol–water partition coefficient (Wildman–Crippen LogP) is 3.58. The molecule has 2 aromatic heterocycles. The lowest BCUT2D eigenvalue weighted by atomic mass is 9.99. The first-order chi connectivity index (χ1) is 14.6. The summed E-state index contributed by atoms with van der Waals surface area (Å²) >= 11 is 6.62. The third kappa shape index (κ3) is 3.99. The van der Waals surface area contributed by atoms with Gasteiger partial charge in [0.05, 0.1) is 28.2 Å². The fraction of sp³-hybridized carbons (Fsp3) is 0.381. The van der Waals surface area contributed by atoms with Gasteiger partial charge in [-0.15, -0.1) is 0 Å². The number of nitrogens with zero attached hydrogens (tertiary/aromatic N) is 4.